The summed E-state index contributed by atoms with van der Waals surface area (Å²) in [4.78, 5) is 17.0. The Bertz CT molecular complexity index is 1370. The Morgan fingerprint density at radius 2 is 1.75 bits per heavy atom. The Morgan fingerprint density at radius 3 is 2.53 bits per heavy atom. The van der Waals surface area contributed by atoms with Crippen molar-refractivity contribution in [1.82, 2.24) is 10.3 Å². The molecular formula is C25H22N2O4S. The smallest absolute Gasteiger partial charge is 0.251 e. The van der Waals surface area contributed by atoms with E-state index >= 15 is 0 Å². The van der Waals surface area contributed by atoms with Crippen LogP contribution in [0, 0.1) is 0 Å². The normalized spacial score (nSPS) is 11.3. The SMILES string of the molecule is CCOc1cccc(S(=O)(=O)c2ccc(CNC(=O)c3ccc4ccncc4c3)cc2)c1. The molecule has 0 aliphatic carbocycles. The molecular weight excluding hydrogens is 424 g/mol. The second-order valence-electron chi connectivity index (χ2n) is 7.18. The van der Waals surface area contributed by atoms with Crippen molar-refractivity contribution < 1.29 is 17.9 Å². The van der Waals surface area contributed by atoms with Crippen LogP contribution in [0.4, 0.5) is 0 Å². The fraction of sp³-hybridized carbons (Fsp3) is 0.120. The maximum atomic E-state index is 12.9. The van der Waals surface area contributed by atoms with Crippen LogP contribution in [-0.4, -0.2) is 25.9 Å². The van der Waals surface area contributed by atoms with E-state index in [1.54, 1.807) is 67.0 Å². The van der Waals surface area contributed by atoms with Gasteiger partial charge < -0.3 is 10.1 Å². The number of benzene rings is 3. The largest absolute Gasteiger partial charge is 0.494 e. The Hall–Kier alpha value is -3.71. The second kappa shape index (κ2) is 9.20. The summed E-state index contributed by atoms with van der Waals surface area (Å²) in [5.41, 5.74) is 1.33. The fourth-order valence-electron chi connectivity index (χ4n) is 3.33. The van der Waals surface area contributed by atoms with Gasteiger partial charge in [0.2, 0.25) is 9.84 Å². The van der Waals surface area contributed by atoms with Crippen molar-refractivity contribution in [2.45, 2.75) is 23.3 Å². The molecule has 162 valence electrons. The lowest BCUT2D eigenvalue weighted by Gasteiger charge is -2.09. The van der Waals surface area contributed by atoms with Gasteiger partial charge in [-0.3, -0.25) is 9.78 Å². The van der Waals surface area contributed by atoms with E-state index in [1.807, 2.05) is 19.1 Å². The van der Waals surface area contributed by atoms with E-state index in [9.17, 15) is 13.2 Å². The van der Waals surface area contributed by atoms with Gasteiger partial charge in [0, 0.05) is 29.9 Å². The van der Waals surface area contributed by atoms with Gasteiger partial charge in [-0.1, -0.05) is 24.3 Å². The lowest BCUT2D eigenvalue weighted by atomic mass is 10.1. The van der Waals surface area contributed by atoms with Gasteiger partial charge in [-0.15, -0.1) is 0 Å². The Balaban J connectivity index is 1.45. The van der Waals surface area contributed by atoms with E-state index in [-0.39, 0.29) is 22.2 Å². The molecule has 1 N–H and O–H groups in total. The summed E-state index contributed by atoms with van der Waals surface area (Å²) >= 11 is 0. The van der Waals surface area contributed by atoms with E-state index in [4.69, 9.17) is 4.74 Å². The molecule has 0 unspecified atom stereocenters. The first-order chi connectivity index (χ1) is 15.5. The molecule has 4 aromatic rings. The molecule has 0 aliphatic rings. The van der Waals surface area contributed by atoms with Crippen LogP contribution in [-0.2, 0) is 16.4 Å². The zero-order valence-corrected chi connectivity index (χ0v) is 18.3. The maximum Gasteiger partial charge on any atom is 0.251 e. The summed E-state index contributed by atoms with van der Waals surface area (Å²) in [7, 11) is -3.66. The average molecular weight is 447 g/mol. The molecule has 6 nitrogen and oxygen atoms in total. The van der Waals surface area contributed by atoms with E-state index in [1.165, 1.54) is 6.07 Å². The third-order valence-corrected chi connectivity index (χ3v) is 6.78. The van der Waals surface area contributed by atoms with Gasteiger partial charge in [-0.25, -0.2) is 8.42 Å². The summed E-state index contributed by atoms with van der Waals surface area (Å²) in [5.74, 6) is 0.303. The monoisotopic (exact) mass is 446 g/mol. The molecule has 1 amide bonds. The van der Waals surface area contributed by atoms with Gasteiger partial charge in [0.1, 0.15) is 5.75 Å². The molecule has 0 atom stereocenters. The Labute approximate surface area is 186 Å². The molecule has 0 radical (unpaired) electrons. The van der Waals surface area contributed by atoms with Crippen LogP contribution < -0.4 is 10.1 Å². The average Bonchev–Trinajstić information content (AvgIpc) is 2.83. The molecule has 0 spiro atoms. The molecule has 0 saturated carbocycles. The zero-order chi connectivity index (χ0) is 22.6. The third kappa shape index (κ3) is 4.63. The number of nitrogens with one attached hydrogen (secondary N) is 1. The summed E-state index contributed by atoms with van der Waals surface area (Å²) in [5, 5.41) is 4.77. The van der Waals surface area contributed by atoms with Crippen molar-refractivity contribution in [2.24, 2.45) is 0 Å². The van der Waals surface area contributed by atoms with Crippen molar-refractivity contribution >= 4 is 26.5 Å². The maximum absolute atomic E-state index is 12.9. The molecule has 0 fully saturated rings. The van der Waals surface area contributed by atoms with E-state index < -0.39 is 9.84 Å². The molecule has 7 heteroatoms. The van der Waals surface area contributed by atoms with Crippen LogP contribution in [0.5, 0.6) is 5.75 Å². The number of carbonyl (C=O) groups is 1. The second-order valence-corrected chi connectivity index (χ2v) is 9.13. The van der Waals surface area contributed by atoms with Crippen molar-refractivity contribution in [3.05, 3.63) is 96.3 Å². The summed E-state index contributed by atoms with van der Waals surface area (Å²) in [6.45, 7) is 2.58. The molecule has 3 aromatic carbocycles. The van der Waals surface area contributed by atoms with Gasteiger partial charge in [0.25, 0.3) is 5.91 Å². The van der Waals surface area contributed by atoms with Crippen LogP contribution in [0.25, 0.3) is 10.8 Å². The molecule has 0 bridgehead atoms. The number of rotatable bonds is 7. The summed E-state index contributed by atoms with van der Waals surface area (Å²) in [6.07, 6.45) is 3.43. The quantitative estimate of drug-likeness (QED) is 0.455. The predicted octanol–water partition coefficient (Wildman–Crippen LogP) is 4.40. The molecule has 0 saturated heterocycles. The van der Waals surface area contributed by atoms with E-state index in [0.29, 0.717) is 17.9 Å². The number of carbonyl (C=O) groups excluding carboxylic acids is 1. The number of hydrogen-bond acceptors (Lipinski definition) is 5. The highest BCUT2D eigenvalue weighted by Gasteiger charge is 2.18. The van der Waals surface area contributed by atoms with Crippen LogP contribution in [0.3, 0.4) is 0 Å². The highest BCUT2D eigenvalue weighted by atomic mass is 32.2. The summed E-state index contributed by atoms with van der Waals surface area (Å²) in [6, 6.07) is 20.3. The molecule has 32 heavy (non-hydrogen) atoms. The minimum atomic E-state index is -3.66. The number of fused-ring (bicyclic) bond motifs is 1. The van der Waals surface area contributed by atoms with Crippen molar-refractivity contribution in [1.29, 1.82) is 0 Å². The Morgan fingerprint density at radius 1 is 0.938 bits per heavy atom. The molecule has 1 heterocycles. The van der Waals surface area contributed by atoms with Crippen LogP contribution in [0.15, 0.2) is 95.0 Å². The number of nitrogens with zero attached hydrogens (tertiary/aromatic N) is 1. The number of aromatic nitrogens is 1. The molecule has 0 aliphatic heterocycles. The van der Waals surface area contributed by atoms with Gasteiger partial charge >= 0.3 is 0 Å². The molecule has 4 rings (SSSR count). The van der Waals surface area contributed by atoms with E-state index in [0.717, 1.165) is 16.3 Å². The Kier molecular flexibility index (Phi) is 6.18. The minimum Gasteiger partial charge on any atom is -0.494 e. The third-order valence-electron chi connectivity index (χ3n) is 5.02. The van der Waals surface area contributed by atoms with Crippen molar-refractivity contribution in [3.8, 4) is 5.75 Å². The van der Waals surface area contributed by atoms with Crippen molar-refractivity contribution in [2.75, 3.05) is 6.61 Å². The summed E-state index contributed by atoms with van der Waals surface area (Å²) < 4.78 is 31.3. The zero-order valence-electron chi connectivity index (χ0n) is 17.5. The number of sulfone groups is 1. The van der Waals surface area contributed by atoms with Gasteiger partial charge in [-0.2, -0.15) is 0 Å². The topological polar surface area (TPSA) is 85.4 Å². The van der Waals surface area contributed by atoms with Gasteiger partial charge in [0.15, 0.2) is 0 Å². The van der Waals surface area contributed by atoms with E-state index in [2.05, 4.69) is 10.3 Å². The number of hydrogen-bond donors (Lipinski definition) is 1. The highest BCUT2D eigenvalue weighted by molar-refractivity contribution is 7.91. The number of amides is 1. The first kappa shape index (κ1) is 21.5. The lowest BCUT2D eigenvalue weighted by Crippen LogP contribution is -2.22. The fourth-order valence-corrected chi connectivity index (χ4v) is 4.63. The highest BCUT2D eigenvalue weighted by Crippen LogP contribution is 2.24. The molecule has 1 aromatic heterocycles. The predicted molar refractivity (Wildman–Crippen MR) is 122 cm³/mol. The standard InChI is InChI=1S/C25H22N2O4S/c1-2-31-22-4-3-5-24(15-22)32(29,30)23-10-6-18(7-11-23)16-27-25(28)20-9-8-19-12-13-26-17-21(19)14-20/h3-15,17H,2,16H2,1H3,(H,27,28). The van der Waals surface area contributed by atoms with Crippen molar-refractivity contribution in [3.63, 3.8) is 0 Å². The minimum absolute atomic E-state index is 0.176. The first-order valence-electron chi connectivity index (χ1n) is 10.2. The van der Waals surface area contributed by atoms with Crippen LogP contribution in [0.1, 0.15) is 22.8 Å². The first-order valence-corrected chi connectivity index (χ1v) is 11.6. The van der Waals surface area contributed by atoms with Crippen LogP contribution in [0.2, 0.25) is 0 Å². The lowest BCUT2D eigenvalue weighted by molar-refractivity contribution is 0.0951. The number of pyridine rings is 1. The van der Waals surface area contributed by atoms with Gasteiger partial charge in [0.05, 0.1) is 16.4 Å². The number of ether oxygens (including phenoxy) is 1. The van der Waals surface area contributed by atoms with Gasteiger partial charge in [-0.05, 0) is 66.4 Å². The van der Waals surface area contributed by atoms with Crippen LogP contribution >= 0.6 is 0 Å².